The third-order valence-corrected chi connectivity index (χ3v) is 7.10. The van der Waals surface area contributed by atoms with Crippen LogP contribution in [-0.4, -0.2) is 35.7 Å². The van der Waals surface area contributed by atoms with E-state index < -0.39 is 23.1 Å². The topological polar surface area (TPSA) is 49.8 Å². The predicted molar refractivity (Wildman–Crippen MR) is 151 cm³/mol. The lowest BCUT2D eigenvalue weighted by Crippen LogP contribution is -2.30. The summed E-state index contributed by atoms with van der Waals surface area (Å²) in [6, 6.07) is 21.0. The molecule has 3 rings (SSSR count). The van der Waals surface area contributed by atoms with Crippen molar-refractivity contribution in [3.8, 4) is 5.75 Å². The molecule has 212 valence electrons. The molecule has 0 aliphatic heterocycles. The maximum absolute atomic E-state index is 13.4. The Morgan fingerprint density at radius 1 is 1.03 bits per heavy atom. The van der Waals surface area contributed by atoms with Crippen LogP contribution in [0.25, 0.3) is 0 Å². The van der Waals surface area contributed by atoms with Crippen LogP contribution in [0.1, 0.15) is 55.4 Å². The molecule has 0 unspecified atom stereocenters. The second-order valence-electron chi connectivity index (χ2n) is 9.98. The van der Waals surface area contributed by atoms with Crippen LogP contribution in [-0.2, 0) is 22.9 Å². The molecule has 0 aromatic heterocycles. The minimum atomic E-state index is -4.52. The number of carboxylic acids is 1. The summed E-state index contributed by atoms with van der Waals surface area (Å²) < 4.78 is 46.1. The van der Waals surface area contributed by atoms with E-state index in [2.05, 4.69) is 11.8 Å². The van der Waals surface area contributed by atoms with Gasteiger partial charge in [-0.2, -0.15) is 13.2 Å². The van der Waals surface area contributed by atoms with E-state index in [1.807, 2.05) is 30.3 Å². The molecule has 3 aromatic carbocycles. The van der Waals surface area contributed by atoms with Crippen LogP contribution in [0.5, 0.6) is 5.75 Å². The average Bonchev–Trinajstić information content (AvgIpc) is 2.87. The zero-order valence-electron chi connectivity index (χ0n) is 22.2. The van der Waals surface area contributed by atoms with Crippen LogP contribution in [0.4, 0.5) is 13.2 Å². The number of aliphatic carboxylic acids is 1. The zero-order valence-corrected chi connectivity index (χ0v) is 23.7. The van der Waals surface area contributed by atoms with Gasteiger partial charge in [0, 0.05) is 19.6 Å². The Balaban J connectivity index is 0.00000533. The zero-order chi connectivity index (χ0) is 27.9. The standard InChI is InChI=1S/C30H33ClF3NO3.ClH/c1-21(22-10-5-4-6-11-22)19-35(20-23-12-7-15-26(27(23)31)30(32,33)34)16-9-17-38-25-14-8-13-24(18-25)29(2,3)28(36)37;/h4-8,10-15,18,21H,9,16-17,19-20H2,1-3H3,(H,36,37);1H/t21-;/m1./s1. The molecule has 0 aliphatic rings. The van der Waals surface area contributed by atoms with Crippen molar-refractivity contribution in [1.29, 1.82) is 0 Å². The van der Waals surface area contributed by atoms with Crippen LogP contribution in [0.2, 0.25) is 5.02 Å². The SMILES string of the molecule is C[C@H](CN(CCCOc1cccc(C(C)(C)C(=O)O)c1)Cc1cccc(C(F)(F)F)c1Cl)c1ccccc1.Cl. The molecule has 0 saturated carbocycles. The first kappa shape index (κ1) is 32.5. The van der Waals surface area contributed by atoms with Gasteiger partial charge in [-0.15, -0.1) is 12.4 Å². The molecule has 0 bridgehead atoms. The molecule has 39 heavy (non-hydrogen) atoms. The number of carbonyl (C=O) groups is 1. The van der Waals surface area contributed by atoms with E-state index in [0.29, 0.717) is 43.0 Å². The van der Waals surface area contributed by atoms with Crippen LogP contribution in [0, 0.1) is 0 Å². The number of hydrogen-bond donors (Lipinski definition) is 1. The van der Waals surface area contributed by atoms with Crippen molar-refractivity contribution in [3.05, 3.63) is 100 Å². The first-order chi connectivity index (χ1) is 17.9. The monoisotopic (exact) mass is 583 g/mol. The van der Waals surface area contributed by atoms with Crippen molar-refractivity contribution in [1.82, 2.24) is 4.90 Å². The van der Waals surface area contributed by atoms with Crippen LogP contribution >= 0.6 is 24.0 Å². The van der Waals surface area contributed by atoms with Crippen LogP contribution in [0.3, 0.4) is 0 Å². The molecule has 1 N–H and O–H groups in total. The lowest BCUT2D eigenvalue weighted by atomic mass is 9.85. The Hall–Kier alpha value is -2.74. The average molecular weight is 585 g/mol. The van der Waals surface area contributed by atoms with Gasteiger partial charge in [-0.05, 0) is 61.1 Å². The van der Waals surface area contributed by atoms with Gasteiger partial charge >= 0.3 is 12.1 Å². The van der Waals surface area contributed by atoms with Crippen LogP contribution in [0.15, 0.2) is 72.8 Å². The summed E-state index contributed by atoms with van der Waals surface area (Å²) in [6.45, 7) is 7.19. The number of hydrogen-bond acceptors (Lipinski definition) is 3. The molecular formula is C30H34Cl2F3NO3. The maximum atomic E-state index is 13.4. The summed E-state index contributed by atoms with van der Waals surface area (Å²) in [5, 5.41) is 9.23. The third-order valence-electron chi connectivity index (χ3n) is 6.66. The van der Waals surface area contributed by atoms with Crippen molar-refractivity contribution >= 4 is 30.0 Å². The summed E-state index contributed by atoms with van der Waals surface area (Å²) in [5.74, 6) is -0.204. The van der Waals surface area contributed by atoms with E-state index >= 15 is 0 Å². The summed E-state index contributed by atoms with van der Waals surface area (Å²) in [4.78, 5) is 13.7. The summed E-state index contributed by atoms with van der Waals surface area (Å²) >= 11 is 6.19. The fraction of sp³-hybridized carbons (Fsp3) is 0.367. The molecule has 0 aliphatic carbocycles. The number of alkyl halides is 3. The van der Waals surface area contributed by atoms with Crippen molar-refractivity contribution < 1.29 is 27.8 Å². The van der Waals surface area contributed by atoms with Gasteiger partial charge in [-0.3, -0.25) is 9.69 Å². The Morgan fingerprint density at radius 2 is 1.69 bits per heavy atom. The minimum absolute atomic E-state index is 0. The number of carboxylic acid groups (broad SMARTS) is 1. The largest absolute Gasteiger partial charge is 0.494 e. The minimum Gasteiger partial charge on any atom is -0.494 e. The van der Waals surface area contributed by atoms with Gasteiger partial charge in [-0.1, -0.05) is 73.1 Å². The summed E-state index contributed by atoms with van der Waals surface area (Å²) in [6.07, 6.45) is -3.91. The summed E-state index contributed by atoms with van der Waals surface area (Å²) in [5.41, 5.74) is 0.321. The highest BCUT2D eigenvalue weighted by atomic mass is 35.5. The fourth-order valence-electron chi connectivity index (χ4n) is 4.25. The van der Waals surface area contributed by atoms with Gasteiger partial charge in [0.25, 0.3) is 0 Å². The first-order valence-corrected chi connectivity index (χ1v) is 12.9. The molecular weight excluding hydrogens is 550 g/mol. The molecule has 3 aromatic rings. The van der Waals surface area contributed by atoms with Crippen molar-refractivity contribution in [3.63, 3.8) is 0 Å². The molecule has 0 saturated heterocycles. The molecule has 1 atom stereocenters. The second-order valence-corrected chi connectivity index (χ2v) is 10.4. The van der Waals surface area contributed by atoms with E-state index in [1.54, 1.807) is 44.2 Å². The van der Waals surface area contributed by atoms with E-state index in [9.17, 15) is 23.1 Å². The molecule has 0 amide bonds. The number of benzene rings is 3. The van der Waals surface area contributed by atoms with E-state index in [1.165, 1.54) is 6.07 Å². The highest BCUT2D eigenvalue weighted by molar-refractivity contribution is 6.32. The van der Waals surface area contributed by atoms with Gasteiger partial charge in [0.15, 0.2) is 0 Å². The Labute approximate surface area is 239 Å². The normalized spacial score (nSPS) is 12.6. The smallest absolute Gasteiger partial charge is 0.417 e. The lowest BCUT2D eigenvalue weighted by Gasteiger charge is -2.27. The predicted octanol–water partition coefficient (Wildman–Crippen LogP) is 8.22. The number of ether oxygens (including phenoxy) is 1. The third kappa shape index (κ3) is 8.88. The van der Waals surface area contributed by atoms with Crippen molar-refractivity contribution in [2.24, 2.45) is 0 Å². The van der Waals surface area contributed by atoms with Gasteiger partial charge in [0.1, 0.15) is 5.75 Å². The summed E-state index contributed by atoms with van der Waals surface area (Å²) in [7, 11) is 0. The second kappa shape index (κ2) is 14.1. The number of nitrogens with zero attached hydrogens (tertiary/aromatic N) is 1. The molecule has 0 radical (unpaired) electrons. The Kier molecular flexibility index (Phi) is 11.7. The highest BCUT2D eigenvalue weighted by Crippen LogP contribution is 2.36. The van der Waals surface area contributed by atoms with Gasteiger partial charge in [-0.25, -0.2) is 0 Å². The number of rotatable bonds is 12. The quantitative estimate of drug-likeness (QED) is 0.218. The highest BCUT2D eigenvalue weighted by Gasteiger charge is 2.34. The van der Waals surface area contributed by atoms with Gasteiger partial charge in [0.05, 0.1) is 22.6 Å². The van der Waals surface area contributed by atoms with E-state index in [0.717, 1.165) is 11.6 Å². The van der Waals surface area contributed by atoms with Crippen molar-refractivity contribution in [2.45, 2.75) is 51.2 Å². The Bertz CT molecular complexity index is 1220. The Morgan fingerprint density at radius 3 is 2.33 bits per heavy atom. The van der Waals surface area contributed by atoms with Crippen LogP contribution < -0.4 is 4.74 Å². The van der Waals surface area contributed by atoms with Gasteiger partial charge < -0.3 is 9.84 Å². The molecule has 9 heteroatoms. The van der Waals surface area contributed by atoms with Crippen molar-refractivity contribution in [2.75, 3.05) is 19.7 Å². The van der Waals surface area contributed by atoms with Gasteiger partial charge in [0.2, 0.25) is 0 Å². The number of halogens is 5. The molecule has 0 heterocycles. The lowest BCUT2D eigenvalue weighted by molar-refractivity contribution is -0.142. The molecule has 0 fully saturated rings. The van der Waals surface area contributed by atoms with E-state index in [4.69, 9.17) is 16.3 Å². The molecule has 0 spiro atoms. The fourth-order valence-corrected chi connectivity index (χ4v) is 4.54. The molecule has 4 nitrogen and oxygen atoms in total. The maximum Gasteiger partial charge on any atom is 0.417 e. The first-order valence-electron chi connectivity index (χ1n) is 12.5. The van der Waals surface area contributed by atoms with E-state index in [-0.39, 0.29) is 29.9 Å².